The van der Waals surface area contributed by atoms with E-state index in [0.717, 1.165) is 24.1 Å². The number of hydrogen-bond donors (Lipinski definition) is 2. The molecular weight excluding hydrogens is 272 g/mol. The van der Waals surface area contributed by atoms with Gasteiger partial charge in [-0.05, 0) is 55.6 Å². The van der Waals surface area contributed by atoms with Crippen molar-refractivity contribution in [1.82, 2.24) is 4.98 Å². The summed E-state index contributed by atoms with van der Waals surface area (Å²) < 4.78 is 5.26. The Kier molecular flexibility index (Phi) is 5.61. The first-order valence-electron chi connectivity index (χ1n) is 7.54. The first kappa shape index (κ1) is 16.1. The number of rotatable bonds is 4. The standard InChI is InChI=1S/C18H19NO.CH5N/c1-13-5-3-4-6-14(13)7-8-15-12-19-18-11-16(20-2)9-10-17(15)18;1-2/h3-6,9-12,19H,7-8H2,1-2H3;2H2,1H3. The Morgan fingerprint density at radius 2 is 1.73 bits per heavy atom. The van der Waals surface area contributed by atoms with Gasteiger partial charge in [-0.3, -0.25) is 0 Å². The van der Waals surface area contributed by atoms with Crippen molar-refractivity contribution in [3.8, 4) is 5.75 Å². The third-order valence-corrected chi connectivity index (χ3v) is 3.90. The van der Waals surface area contributed by atoms with Crippen molar-refractivity contribution in [1.29, 1.82) is 0 Å². The maximum absolute atomic E-state index is 5.26. The first-order valence-corrected chi connectivity index (χ1v) is 7.54. The number of nitrogens with one attached hydrogen (secondary N) is 1. The number of aromatic amines is 1. The average molecular weight is 296 g/mol. The molecule has 3 nitrogen and oxygen atoms in total. The molecule has 2 aromatic carbocycles. The molecule has 0 saturated heterocycles. The van der Waals surface area contributed by atoms with Crippen LogP contribution < -0.4 is 10.5 Å². The second kappa shape index (κ2) is 7.66. The van der Waals surface area contributed by atoms with Crippen molar-refractivity contribution in [2.75, 3.05) is 14.2 Å². The molecule has 3 N–H and O–H groups in total. The molecule has 0 radical (unpaired) electrons. The van der Waals surface area contributed by atoms with Gasteiger partial charge in [-0.15, -0.1) is 0 Å². The lowest BCUT2D eigenvalue weighted by atomic mass is 10.0. The zero-order chi connectivity index (χ0) is 15.9. The summed E-state index contributed by atoms with van der Waals surface area (Å²) in [5, 5.41) is 1.29. The average Bonchev–Trinajstić information content (AvgIpc) is 2.98. The molecule has 116 valence electrons. The Bertz CT molecular complexity index is 731. The second-order valence-corrected chi connectivity index (χ2v) is 5.15. The van der Waals surface area contributed by atoms with E-state index in [1.54, 1.807) is 7.11 Å². The smallest absolute Gasteiger partial charge is 0.120 e. The third kappa shape index (κ3) is 3.49. The molecule has 0 aliphatic heterocycles. The number of nitrogens with two attached hydrogens (primary N) is 1. The number of fused-ring (bicyclic) bond motifs is 1. The number of ether oxygens (including phenoxy) is 1. The van der Waals surface area contributed by atoms with Gasteiger partial charge in [0, 0.05) is 23.2 Å². The molecule has 1 heterocycles. The molecule has 1 aromatic heterocycles. The quantitative estimate of drug-likeness (QED) is 0.768. The number of aromatic nitrogens is 1. The Labute approximate surface area is 132 Å². The lowest BCUT2D eigenvalue weighted by Gasteiger charge is -2.05. The van der Waals surface area contributed by atoms with E-state index in [2.05, 4.69) is 54.2 Å². The topological polar surface area (TPSA) is 51.0 Å². The number of aryl methyl sites for hydroxylation is 3. The molecule has 0 fully saturated rings. The molecular formula is C19H24N2O. The Hall–Kier alpha value is -2.26. The molecule has 22 heavy (non-hydrogen) atoms. The fraction of sp³-hybridized carbons (Fsp3) is 0.263. The summed E-state index contributed by atoms with van der Waals surface area (Å²) in [6, 6.07) is 14.8. The van der Waals surface area contributed by atoms with Crippen LogP contribution in [-0.4, -0.2) is 19.1 Å². The van der Waals surface area contributed by atoms with Crippen LogP contribution in [0.25, 0.3) is 10.9 Å². The van der Waals surface area contributed by atoms with Gasteiger partial charge in [-0.1, -0.05) is 24.3 Å². The van der Waals surface area contributed by atoms with Crippen molar-refractivity contribution in [2.24, 2.45) is 5.73 Å². The van der Waals surface area contributed by atoms with Gasteiger partial charge in [0.1, 0.15) is 5.75 Å². The molecule has 3 rings (SSSR count). The predicted molar refractivity (Wildman–Crippen MR) is 93.5 cm³/mol. The summed E-state index contributed by atoms with van der Waals surface area (Å²) in [6.07, 6.45) is 4.24. The van der Waals surface area contributed by atoms with Crippen LogP contribution in [0.3, 0.4) is 0 Å². The van der Waals surface area contributed by atoms with Gasteiger partial charge >= 0.3 is 0 Å². The van der Waals surface area contributed by atoms with Gasteiger partial charge in [-0.25, -0.2) is 0 Å². The number of H-pyrrole nitrogens is 1. The zero-order valence-electron chi connectivity index (χ0n) is 13.5. The minimum Gasteiger partial charge on any atom is -0.497 e. The molecule has 3 heteroatoms. The van der Waals surface area contributed by atoms with Crippen LogP contribution >= 0.6 is 0 Å². The molecule has 0 bridgehead atoms. The van der Waals surface area contributed by atoms with Crippen LogP contribution in [0.15, 0.2) is 48.7 Å². The molecule has 0 spiro atoms. The molecule has 0 aliphatic rings. The number of methoxy groups -OCH3 is 1. The molecule has 3 aromatic rings. The van der Waals surface area contributed by atoms with E-state index in [-0.39, 0.29) is 0 Å². The Balaban J connectivity index is 0.000000847. The maximum atomic E-state index is 5.26. The summed E-state index contributed by atoms with van der Waals surface area (Å²) in [5.74, 6) is 0.893. The fourth-order valence-corrected chi connectivity index (χ4v) is 2.66. The highest BCUT2D eigenvalue weighted by atomic mass is 16.5. The molecule has 0 unspecified atom stereocenters. The molecule has 0 saturated carbocycles. The van der Waals surface area contributed by atoms with Crippen molar-refractivity contribution >= 4 is 10.9 Å². The molecule has 0 amide bonds. The SMILES string of the molecule is CN.COc1ccc2c(CCc3ccccc3C)c[nH]c2c1. The highest BCUT2D eigenvalue weighted by Crippen LogP contribution is 2.24. The minimum atomic E-state index is 0.893. The highest BCUT2D eigenvalue weighted by molar-refractivity contribution is 5.84. The lowest BCUT2D eigenvalue weighted by Crippen LogP contribution is -1.93. The fourth-order valence-electron chi connectivity index (χ4n) is 2.66. The van der Waals surface area contributed by atoms with Crippen molar-refractivity contribution < 1.29 is 4.74 Å². The van der Waals surface area contributed by atoms with Crippen LogP contribution in [0.1, 0.15) is 16.7 Å². The monoisotopic (exact) mass is 296 g/mol. The zero-order valence-corrected chi connectivity index (χ0v) is 13.5. The lowest BCUT2D eigenvalue weighted by molar-refractivity contribution is 0.415. The van der Waals surface area contributed by atoms with E-state index in [1.165, 1.54) is 29.1 Å². The van der Waals surface area contributed by atoms with Crippen LogP contribution in [0, 0.1) is 6.92 Å². The van der Waals surface area contributed by atoms with E-state index in [9.17, 15) is 0 Å². The van der Waals surface area contributed by atoms with Gasteiger partial charge in [-0.2, -0.15) is 0 Å². The maximum Gasteiger partial charge on any atom is 0.120 e. The van der Waals surface area contributed by atoms with Crippen molar-refractivity contribution in [2.45, 2.75) is 19.8 Å². The van der Waals surface area contributed by atoms with Crippen molar-refractivity contribution in [3.63, 3.8) is 0 Å². The van der Waals surface area contributed by atoms with Crippen molar-refractivity contribution in [3.05, 3.63) is 65.4 Å². The largest absolute Gasteiger partial charge is 0.497 e. The number of hydrogen-bond acceptors (Lipinski definition) is 2. The summed E-state index contributed by atoms with van der Waals surface area (Å²) in [6.45, 7) is 2.18. The van der Waals surface area contributed by atoms with Gasteiger partial charge in [0.05, 0.1) is 7.11 Å². The Morgan fingerprint density at radius 3 is 2.45 bits per heavy atom. The van der Waals surface area contributed by atoms with E-state index in [1.807, 2.05) is 12.1 Å². The summed E-state index contributed by atoms with van der Waals surface area (Å²) in [5.41, 5.74) is 9.81. The summed E-state index contributed by atoms with van der Waals surface area (Å²) >= 11 is 0. The van der Waals surface area contributed by atoms with Crippen LogP contribution in [0.4, 0.5) is 0 Å². The second-order valence-electron chi connectivity index (χ2n) is 5.15. The first-order chi connectivity index (χ1) is 10.8. The summed E-state index contributed by atoms with van der Waals surface area (Å²) in [7, 11) is 3.20. The van der Waals surface area contributed by atoms with E-state index >= 15 is 0 Å². The van der Waals surface area contributed by atoms with Gasteiger partial charge < -0.3 is 15.5 Å². The van der Waals surface area contributed by atoms with Crippen LogP contribution in [-0.2, 0) is 12.8 Å². The van der Waals surface area contributed by atoms with E-state index in [4.69, 9.17) is 4.74 Å². The van der Waals surface area contributed by atoms with E-state index < -0.39 is 0 Å². The third-order valence-electron chi connectivity index (χ3n) is 3.90. The molecule has 0 atom stereocenters. The predicted octanol–water partition coefficient (Wildman–Crippen LogP) is 3.85. The van der Waals surface area contributed by atoms with Gasteiger partial charge in [0.2, 0.25) is 0 Å². The summed E-state index contributed by atoms with van der Waals surface area (Å²) in [4.78, 5) is 3.33. The Morgan fingerprint density at radius 1 is 1.00 bits per heavy atom. The highest BCUT2D eigenvalue weighted by Gasteiger charge is 2.06. The van der Waals surface area contributed by atoms with Gasteiger partial charge in [0.25, 0.3) is 0 Å². The number of benzene rings is 2. The van der Waals surface area contributed by atoms with Gasteiger partial charge in [0.15, 0.2) is 0 Å². The molecule has 0 aliphatic carbocycles. The van der Waals surface area contributed by atoms with E-state index in [0.29, 0.717) is 0 Å². The normalized spacial score (nSPS) is 10.2. The minimum absolute atomic E-state index is 0.893. The van der Waals surface area contributed by atoms with Crippen LogP contribution in [0.5, 0.6) is 5.75 Å². The van der Waals surface area contributed by atoms with Crippen LogP contribution in [0.2, 0.25) is 0 Å².